The first-order chi connectivity index (χ1) is 24.7. The second-order valence-electron chi connectivity index (χ2n) is 12.9. The summed E-state index contributed by atoms with van der Waals surface area (Å²) in [5.74, 6) is 0. The lowest BCUT2D eigenvalue weighted by atomic mass is 9.67. The van der Waals surface area contributed by atoms with Crippen molar-refractivity contribution in [1.29, 1.82) is 0 Å². The molecule has 1 aliphatic rings. The van der Waals surface area contributed by atoms with Gasteiger partial charge in [0, 0.05) is 16.7 Å². The Kier molecular flexibility index (Phi) is 7.10. The minimum Gasteiger partial charge on any atom is -0.244 e. The lowest BCUT2D eigenvalue weighted by Crippen LogP contribution is -2.28. The molecule has 0 amide bonds. The predicted octanol–water partition coefficient (Wildman–Crippen LogP) is 12.2. The smallest absolute Gasteiger partial charge is 0.0973 e. The number of benzene rings is 7. The van der Waals surface area contributed by atoms with Gasteiger partial charge in [-0.3, -0.25) is 0 Å². The van der Waals surface area contributed by atoms with E-state index in [9.17, 15) is 0 Å². The van der Waals surface area contributed by atoms with Crippen LogP contribution in [0.25, 0.3) is 67.6 Å². The maximum atomic E-state index is 5.48. The van der Waals surface area contributed by atoms with Crippen molar-refractivity contribution in [2.24, 2.45) is 0 Å². The van der Waals surface area contributed by atoms with Crippen molar-refractivity contribution in [3.05, 3.63) is 204 Å². The maximum Gasteiger partial charge on any atom is 0.0973 e. The van der Waals surface area contributed by atoms with Gasteiger partial charge >= 0.3 is 0 Å². The fourth-order valence-electron chi connectivity index (χ4n) is 8.02. The molecule has 1 aliphatic carbocycles. The summed E-state index contributed by atoms with van der Waals surface area (Å²) in [6.45, 7) is 6.22. The first-order valence-corrected chi connectivity index (χ1v) is 17.2. The third-order valence-corrected chi connectivity index (χ3v) is 10.2. The van der Waals surface area contributed by atoms with Crippen LogP contribution < -0.4 is 0 Å². The summed E-state index contributed by atoms with van der Waals surface area (Å²) in [7, 11) is 0. The second-order valence-corrected chi connectivity index (χ2v) is 12.9. The molecule has 236 valence electrons. The zero-order valence-corrected chi connectivity index (χ0v) is 27.8. The Hall–Kier alpha value is -6.38. The van der Waals surface area contributed by atoms with Crippen LogP contribution in [0.15, 0.2) is 170 Å². The van der Waals surface area contributed by atoms with Crippen molar-refractivity contribution >= 4 is 34.0 Å². The van der Waals surface area contributed by atoms with Gasteiger partial charge < -0.3 is 0 Å². The summed E-state index contributed by atoms with van der Waals surface area (Å²) in [6.07, 6.45) is 6.06. The topological polar surface area (TPSA) is 25.8 Å². The van der Waals surface area contributed by atoms with E-state index in [-0.39, 0.29) is 0 Å². The summed E-state index contributed by atoms with van der Waals surface area (Å²) < 4.78 is 0. The van der Waals surface area contributed by atoms with E-state index in [1.807, 2.05) is 19.1 Å². The number of aromatic nitrogens is 2. The molecule has 1 heterocycles. The Labute approximate surface area is 292 Å². The van der Waals surface area contributed by atoms with Crippen LogP contribution >= 0.6 is 0 Å². The Bertz CT molecular complexity index is 2560. The molecule has 0 atom stereocenters. The number of allylic oxidation sites excluding steroid dienone is 1. The SMILES string of the molecule is C=Cc1c(/C=C\C)ccc2nc(-c3ccccc3)c(-c3ccc4c(c3)C(c3ccccc3)(c3ccccc3)c3cc5ccccc5cc3-4)nc12. The van der Waals surface area contributed by atoms with E-state index < -0.39 is 5.41 Å². The Morgan fingerprint density at radius 2 is 1.14 bits per heavy atom. The predicted molar refractivity (Wildman–Crippen MR) is 210 cm³/mol. The molecule has 0 aliphatic heterocycles. The molecule has 0 saturated carbocycles. The molecule has 8 aromatic rings. The van der Waals surface area contributed by atoms with Crippen LogP contribution in [0.5, 0.6) is 0 Å². The van der Waals surface area contributed by atoms with Crippen LogP contribution in [-0.4, -0.2) is 9.97 Å². The zero-order valence-electron chi connectivity index (χ0n) is 27.8. The molecule has 0 N–H and O–H groups in total. The van der Waals surface area contributed by atoms with Crippen molar-refractivity contribution < 1.29 is 0 Å². The van der Waals surface area contributed by atoms with Gasteiger partial charge in [-0.25, -0.2) is 9.97 Å². The molecule has 0 bridgehead atoms. The molecule has 0 fully saturated rings. The molecule has 0 radical (unpaired) electrons. The monoisotopic (exact) mass is 638 g/mol. The van der Waals surface area contributed by atoms with E-state index in [0.717, 1.165) is 44.7 Å². The number of rotatable bonds is 6. The van der Waals surface area contributed by atoms with Gasteiger partial charge in [0.15, 0.2) is 0 Å². The van der Waals surface area contributed by atoms with E-state index in [0.29, 0.717) is 0 Å². The van der Waals surface area contributed by atoms with Crippen LogP contribution in [0.3, 0.4) is 0 Å². The van der Waals surface area contributed by atoms with E-state index in [4.69, 9.17) is 9.97 Å². The Morgan fingerprint density at radius 3 is 1.80 bits per heavy atom. The third-order valence-electron chi connectivity index (χ3n) is 10.2. The third kappa shape index (κ3) is 4.49. The number of hydrogen-bond donors (Lipinski definition) is 0. The van der Waals surface area contributed by atoms with E-state index in [1.54, 1.807) is 0 Å². The van der Waals surface area contributed by atoms with Crippen molar-refractivity contribution in [3.8, 4) is 33.6 Å². The Morgan fingerprint density at radius 1 is 0.540 bits per heavy atom. The zero-order chi connectivity index (χ0) is 33.7. The van der Waals surface area contributed by atoms with E-state index >= 15 is 0 Å². The molecule has 7 aromatic carbocycles. The van der Waals surface area contributed by atoms with Crippen LogP contribution in [0, 0.1) is 0 Å². The first kappa shape index (κ1) is 29.7. The highest BCUT2D eigenvalue weighted by Crippen LogP contribution is 2.57. The fourth-order valence-corrected chi connectivity index (χ4v) is 8.02. The minimum atomic E-state index is -0.546. The molecular weight excluding hydrogens is 605 g/mol. The molecule has 2 heteroatoms. The van der Waals surface area contributed by atoms with Gasteiger partial charge in [0.05, 0.1) is 27.8 Å². The highest BCUT2D eigenvalue weighted by atomic mass is 14.8. The average molecular weight is 639 g/mol. The molecular formula is C48H34N2. The van der Waals surface area contributed by atoms with Gasteiger partial charge in [-0.15, -0.1) is 0 Å². The van der Waals surface area contributed by atoms with Crippen LogP contribution in [0.1, 0.15) is 40.3 Å². The lowest BCUT2D eigenvalue weighted by molar-refractivity contribution is 0.770. The van der Waals surface area contributed by atoms with Crippen LogP contribution in [-0.2, 0) is 5.41 Å². The molecule has 0 spiro atoms. The van der Waals surface area contributed by atoms with Gasteiger partial charge in [-0.1, -0.05) is 158 Å². The second kappa shape index (κ2) is 11.9. The van der Waals surface area contributed by atoms with Gasteiger partial charge in [-0.2, -0.15) is 0 Å². The van der Waals surface area contributed by atoms with Crippen LogP contribution in [0.4, 0.5) is 0 Å². The normalized spacial score (nSPS) is 13.1. The van der Waals surface area contributed by atoms with E-state index in [1.165, 1.54) is 44.2 Å². The highest BCUT2D eigenvalue weighted by molar-refractivity contribution is 5.98. The van der Waals surface area contributed by atoms with Crippen molar-refractivity contribution in [2.75, 3.05) is 0 Å². The summed E-state index contributed by atoms with van der Waals surface area (Å²) in [6, 6.07) is 56.9. The molecule has 1 aromatic heterocycles. The summed E-state index contributed by atoms with van der Waals surface area (Å²) >= 11 is 0. The minimum absolute atomic E-state index is 0.546. The first-order valence-electron chi connectivity index (χ1n) is 17.2. The quantitative estimate of drug-likeness (QED) is 0.181. The van der Waals surface area contributed by atoms with Crippen molar-refractivity contribution in [3.63, 3.8) is 0 Å². The molecule has 9 rings (SSSR count). The van der Waals surface area contributed by atoms with E-state index in [2.05, 4.69) is 170 Å². The highest BCUT2D eigenvalue weighted by Gasteiger charge is 2.46. The lowest BCUT2D eigenvalue weighted by Gasteiger charge is -2.34. The Balaban J connectivity index is 1.40. The molecule has 0 saturated heterocycles. The summed E-state index contributed by atoms with van der Waals surface area (Å²) in [4.78, 5) is 10.8. The molecule has 0 unspecified atom stereocenters. The van der Waals surface area contributed by atoms with Gasteiger partial charge in [0.25, 0.3) is 0 Å². The fraction of sp³-hybridized carbons (Fsp3) is 0.0417. The number of hydrogen-bond acceptors (Lipinski definition) is 2. The van der Waals surface area contributed by atoms with Crippen molar-refractivity contribution in [1.82, 2.24) is 9.97 Å². The van der Waals surface area contributed by atoms with Crippen LogP contribution in [0.2, 0.25) is 0 Å². The van der Waals surface area contributed by atoms with Crippen molar-refractivity contribution in [2.45, 2.75) is 12.3 Å². The average Bonchev–Trinajstić information content (AvgIpc) is 3.46. The number of fused-ring (bicyclic) bond motifs is 5. The van der Waals surface area contributed by atoms with Gasteiger partial charge in [0.2, 0.25) is 0 Å². The molecule has 2 nitrogen and oxygen atoms in total. The summed E-state index contributed by atoms with van der Waals surface area (Å²) in [5.41, 5.74) is 14.5. The largest absolute Gasteiger partial charge is 0.244 e. The standard InChI is InChI=1S/C48H34N2/c1-3-16-32-26-28-44-47(39(32)4-2)50-46(45(49-44)33-17-8-5-9-18-33)36-25-27-40-41-29-34-19-14-15-20-35(34)30-43(41)48(42(40)31-36,37-21-10-6-11-22-37)38-23-12-7-13-24-38/h3-31H,2H2,1H3/b16-3-. The molecule has 50 heavy (non-hydrogen) atoms. The summed E-state index contributed by atoms with van der Waals surface area (Å²) in [5, 5.41) is 2.47. The maximum absolute atomic E-state index is 5.48. The van der Waals surface area contributed by atoms with Gasteiger partial charge in [0.1, 0.15) is 0 Å². The number of nitrogens with zero attached hydrogens (tertiary/aromatic N) is 2. The van der Waals surface area contributed by atoms with Gasteiger partial charge in [-0.05, 0) is 80.9 Å².